The molecule has 96 valence electrons. The van der Waals surface area contributed by atoms with E-state index in [1.165, 1.54) is 12.1 Å². The number of hydrogen-bond donors (Lipinski definition) is 1. The second-order valence-electron chi connectivity index (χ2n) is 3.66. The summed E-state index contributed by atoms with van der Waals surface area (Å²) in [6, 6.07) is 6.97. The largest absolute Gasteiger partial charge is 0.476 e. The molecule has 0 aliphatic carbocycles. The minimum absolute atomic E-state index is 0.0603. The molecule has 0 spiro atoms. The Labute approximate surface area is 101 Å². The van der Waals surface area contributed by atoms with Crippen LogP contribution in [0.3, 0.4) is 0 Å². The van der Waals surface area contributed by atoms with Gasteiger partial charge in [0.1, 0.15) is 6.61 Å². The van der Waals surface area contributed by atoms with Crippen molar-refractivity contribution in [3.63, 3.8) is 0 Å². The van der Waals surface area contributed by atoms with Crippen molar-refractivity contribution in [3.05, 3.63) is 35.9 Å². The SMILES string of the molecule is NCCOc1cc(C(F)(F)F)c2ccccc2n1. The van der Waals surface area contributed by atoms with Gasteiger partial charge in [0, 0.05) is 18.0 Å². The van der Waals surface area contributed by atoms with Crippen LogP contribution in [0.5, 0.6) is 5.88 Å². The maximum Gasteiger partial charge on any atom is 0.417 e. The molecule has 0 radical (unpaired) electrons. The summed E-state index contributed by atoms with van der Waals surface area (Å²) in [6.07, 6.45) is -4.44. The number of fused-ring (bicyclic) bond motifs is 1. The van der Waals surface area contributed by atoms with Crippen LogP contribution in [0.15, 0.2) is 30.3 Å². The van der Waals surface area contributed by atoms with Gasteiger partial charge < -0.3 is 10.5 Å². The number of nitrogens with two attached hydrogens (primary N) is 1. The summed E-state index contributed by atoms with van der Waals surface area (Å²) in [5, 5.41) is 0.0603. The molecule has 0 fully saturated rings. The van der Waals surface area contributed by atoms with Gasteiger partial charge in [0.25, 0.3) is 0 Å². The molecule has 0 unspecified atom stereocenters. The fraction of sp³-hybridized carbons (Fsp3) is 0.250. The molecule has 0 saturated heterocycles. The predicted molar refractivity (Wildman–Crippen MR) is 61.3 cm³/mol. The number of alkyl halides is 3. The molecule has 18 heavy (non-hydrogen) atoms. The number of nitrogens with zero attached hydrogens (tertiary/aromatic N) is 1. The molecule has 0 aliphatic rings. The highest BCUT2D eigenvalue weighted by atomic mass is 19.4. The summed E-state index contributed by atoms with van der Waals surface area (Å²) in [4.78, 5) is 4.01. The Bertz CT molecular complexity index is 555. The van der Waals surface area contributed by atoms with Gasteiger partial charge in [0.05, 0.1) is 11.1 Å². The van der Waals surface area contributed by atoms with Crippen molar-refractivity contribution in [2.45, 2.75) is 6.18 Å². The van der Waals surface area contributed by atoms with Crippen LogP contribution in [0.1, 0.15) is 5.56 Å². The molecule has 0 amide bonds. The average Bonchev–Trinajstić information content (AvgIpc) is 2.34. The zero-order chi connectivity index (χ0) is 13.2. The lowest BCUT2D eigenvalue weighted by atomic mass is 10.1. The van der Waals surface area contributed by atoms with Crippen LogP contribution in [0.4, 0.5) is 13.2 Å². The molecule has 1 aromatic heterocycles. The fourth-order valence-electron chi connectivity index (χ4n) is 1.62. The van der Waals surface area contributed by atoms with E-state index in [0.717, 1.165) is 6.07 Å². The van der Waals surface area contributed by atoms with Gasteiger partial charge in [-0.2, -0.15) is 13.2 Å². The fourth-order valence-corrected chi connectivity index (χ4v) is 1.62. The van der Waals surface area contributed by atoms with Crippen LogP contribution in [0.2, 0.25) is 0 Å². The minimum Gasteiger partial charge on any atom is -0.476 e. The molecule has 0 aliphatic heterocycles. The van der Waals surface area contributed by atoms with E-state index in [-0.39, 0.29) is 29.9 Å². The average molecular weight is 256 g/mol. The Kier molecular flexibility index (Phi) is 3.38. The quantitative estimate of drug-likeness (QED) is 0.918. The zero-order valence-corrected chi connectivity index (χ0v) is 9.37. The highest BCUT2D eigenvalue weighted by Crippen LogP contribution is 2.36. The number of halogens is 3. The third kappa shape index (κ3) is 2.53. The lowest BCUT2D eigenvalue weighted by Gasteiger charge is -2.12. The van der Waals surface area contributed by atoms with Crippen LogP contribution in [0.25, 0.3) is 10.9 Å². The first-order valence-electron chi connectivity index (χ1n) is 5.32. The summed E-state index contributed by atoms with van der Waals surface area (Å²) >= 11 is 0. The van der Waals surface area contributed by atoms with Crippen LogP contribution in [-0.4, -0.2) is 18.1 Å². The predicted octanol–water partition coefficient (Wildman–Crippen LogP) is 2.59. The molecule has 0 atom stereocenters. The lowest BCUT2D eigenvalue weighted by Crippen LogP contribution is -2.13. The number of aromatic nitrogens is 1. The molecule has 0 bridgehead atoms. The summed E-state index contributed by atoms with van der Waals surface area (Å²) in [5.74, 6) is -0.0634. The first kappa shape index (κ1) is 12.6. The van der Waals surface area contributed by atoms with E-state index in [9.17, 15) is 13.2 Å². The molecule has 3 nitrogen and oxygen atoms in total. The summed E-state index contributed by atoms with van der Waals surface area (Å²) in [6.45, 7) is 0.346. The molecular formula is C12H11F3N2O. The number of para-hydroxylation sites is 1. The van der Waals surface area contributed by atoms with Gasteiger partial charge in [0.2, 0.25) is 5.88 Å². The van der Waals surface area contributed by atoms with Crippen LogP contribution in [0, 0.1) is 0 Å². The van der Waals surface area contributed by atoms with Gasteiger partial charge in [0.15, 0.2) is 0 Å². The van der Waals surface area contributed by atoms with Crippen LogP contribution >= 0.6 is 0 Å². The van der Waals surface area contributed by atoms with E-state index < -0.39 is 11.7 Å². The Balaban J connectivity index is 2.57. The monoisotopic (exact) mass is 256 g/mol. The first-order chi connectivity index (χ1) is 8.52. The molecule has 1 heterocycles. The van der Waals surface area contributed by atoms with Crippen molar-refractivity contribution in [2.24, 2.45) is 5.73 Å². The third-order valence-electron chi connectivity index (χ3n) is 2.37. The number of ether oxygens (including phenoxy) is 1. The van der Waals surface area contributed by atoms with Crippen molar-refractivity contribution in [1.82, 2.24) is 4.98 Å². The second-order valence-corrected chi connectivity index (χ2v) is 3.66. The molecule has 1 aromatic carbocycles. The second kappa shape index (κ2) is 4.81. The summed E-state index contributed by atoms with van der Waals surface area (Å²) < 4.78 is 43.8. The van der Waals surface area contributed by atoms with E-state index in [4.69, 9.17) is 10.5 Å². The zero-order valence-electron chi connectivity index (χ0n) is 9.37. The molecule has 2 N–H and O–H groups in total. The molecule has 2 aromatic rings. The Morgan fingerprint density at radius 3 is 2.61 bits per heavy atom. The summed E-state index contributed by atoms with van der Waals surface area (Å²) in [5.41, 5.74) is 4.74. The van der Waals surface area contributed by atoms with E-state index in [0.29, 0.717) is 0 Å². The van der Waals surface area contributed by atoms with Crippen molar-refractivity contribution in [3.8, 4) is 5.88 Å². The Morgan fingerprint density at radius 1 is 1.22 bits per heavy atom. The lowest BCUT2D eigenvalue weighted by molar-refractivity contribution is -0.136. The number of hydrogen-bond acceptors (Lipinski definition) is 3. The first-order valence-corrected chi connectivity index (χ1v) is 5.32. The molecule has 6 heteroatoms. The third-order valence-corrected chi connectivity index (χ3v) is 2.37. The van der Waals surface area contributed by atoms with Gasteiger partial charge >= 0.3 is 6.18 Å². The molecule has 2 rings (SSSR count). The minimum atomic E-state index is -4.44. The van der Waals surface area contributed by atoms with E-state index in [2.05, 4.69) is 4.98 Å². The van der Waals surface area contributed by atoms with Crippen molar-refractivity contribution in [1.29, 1.82) is 0 Å². The molecule has 0 saturated carbocycles. The van der Waals surface area contributed by atoms with Crippen molar-refractivity contribution >= 4 is 10.9 Å². The van der Waals surface area contributed by atoms with Gasteiger partial charge in [-0.15, -0.1) is 0 Å². The van der Waals surface area contributed by atoms with Gasteiger partial charge in [-0.25, -0.2) is 4.98 Å². The maximum absolute atomic E-state index is 12.9. The number of rotatable bonds is 3. The van der Waals surface area contributed by atoms with Crippen LogP contribution in [-0.2, 0) is 6.18 Å². The standard InChI is InChI=1S/C12H11F3N2O/c13-12(14,15)9-7-11(18-6-5-16)17-10-4-2-1-3-8(9)10/h1-4,7H,5-6,16H2. The maximum atomic E-state index is 12.9. The number of benzene rings is 1. The van der Waals surface area contributed by atoms with E-state index in [1.807, 2.05) is 0 Å². The normalized spacial score (nSPS) is 11.8. The topological polar surface area (TPSA) is 48.1 Å². The van der Waals surface area contributed by atoms with Crippen molar-refractivity contribution in [2.75, 3.05) is 13.2 Å². The van der Waals surface area contributed by atoms with Crippen LogP contribution < -0.4 is 10.5 Å². The van der Waals surface area contributed by atoms with Gasteiger partial charge in [-0.1, -0.05) is 18.2 Å². The van der Waals surface area contributed by atoms with E-state index in [1.54, 1.807) is 12.1 Å². The molecular weight excluding hydrogens is 245 g/mol. The highest BCUT2D eigenvalue weighted by molar-refractivity contribution is 5.83. The van der Waals surface area contributed by atoms with Gasteiger partial charge in [-0.3, -0.25) is 0 Å². The number of pyridine rings is 1. The summed E-state index contributed by atoms with van der Waals surface area (Å²) in [7, 11) is 0. The Morgan fingerprint density at radius 2 is 1.94 bits per heavy atom. The van der Waals surface area contributed by atoms with E-state index >= 15 is 0 Å². The van der Waals surface area contributed by atoms with Gasteiger partial charge in [-0.05, 0) is 6.07 Å². The van der Waals surface area contributed by atoms with Crippen molar-refractivity contribution < 1.29 is 17.9 Å². The smallest absolute Gasteiger partial charge is 0.417 e. The highest BCUT2D eigenvalue weighted by Gasteiger charge is 2.33. The Hall–Kier alpha value is -1.82.